The maximum Gasteiger partial charge on any atom is 0.253 e. The largest absolute Gasteiger partial charge is 0.497 e. The third kappa shape index (κ3) is 3.58. The molecule has 1 aliphatic rings. The second kappa shape index (κ2) is 7.63. The molecular weight excluding hydrogens is 328 g/mol. The Morgan fingerprint density at radius 1 is 1.19 bits per heavy atom. The molecule has 0 N–H and O–H groups in total. The van der Waals surface area contributed by atoms with Gasteiger partial charge < -0.3 is 14.2 Å². The molecule has 26 heavy (non-hydrogen) atoms. The zero-order valence-corrected chi connectivity index (χ0v) is 15.5. The quantitative estimate of drug-likeness (QED) is 0.846. The molecule has 2 heterocycles. The van der Waals surface area contributed by atoms with E-state index >= 15 is 0 Å². The second-order valence-electron chi connectivity index (χ2n) is 6.61. The van der Waals surface area contributed by atoms with E-state index < -0.39 is 0 Å². The second-order valence-corrected chi connectivity index (χ2v) is 6.61. The van der Waals surface area contributed by atoms with Gasteiger partial charge in [-0.2, -0.15) is 5.26 Å². The topological polar surface area (TPSA) is 61.5 Å². The summed E-state index contributed by atoms with van der Waals surface area (Å²) in [5.41, 5.74) is 3.68. The maximum absolute atomic E-state index is 12.6. The predicted octanol–water partition coefficient (Wildman–Crippen LogP) is 2.17. The average Bonchev–Trinajstić information content (AvgIpc) is 2.96. The Morgan fingerprint density at radius 3 is 2.38 bits per heavy atom. The number of ether oxygens (including phenoxy) is 1. The van der Waals surface area contributed by atoms with E-state index in [9.17, 15) is 4.79 Å². The molecule has 1 amide bonds. The van der Waals surface area contributed by atoms with Crippen LogP contribution in [-0.2, 0) is 13.6 Å². The Labute approximate surface area is 154 Å². The molecule has 136 valence electrons. The van der Waals surface area contributed by atoms with E-state index in [0.29, 0.717) is 24.3 Å². The van der Waals surface area contributed by atoms with E-state index in [-0.39, 0.29) is 5.91 Å². The van der Waals surface area contributed by atoms with Crippen LogP contribution in [0.2, 0.25) is 0 Å². The van der Waals surface area contributed by atoms with Crippen LogP contribution in [0.25, 0.3) is 0 Å². The standard InChI is InChI=1S/C20H24N4O2/c1-15-17(12-18(13-21)22(15)2)14-23-8-10-24(11-9-23)20(25)16-4-6-19(26-3)7-5-16/h4-7,12H,8-11,14H2,1-3H3. The molecule has 0 aliphatic carbocycles. The van der Waals surface area contributed by atoms with Crippen molar-refractivity contribution in [3.63, 3.8) is 0 Å². The molecule has 0 spiro atoms. The Kier molecular flexibility index (Phi) is 5.29. The molecule has 1 aliphatic heterocycles. The van der Waals surface area contributed by atoms with Crippen molar-refractivity contribution in [3.05, 3.63) is 52.8 Å². The number of hydrogen-bond acceptors (Lipinski definition) is 4. The molecular formula is C20H24N4O2. The van der Waals surface area contributed by atoms with Gasteiger partial charge in [0, 0.05) is 51.0 Å². The number of methoxy groups -OCH3 is 1. The monoisotopic (exact) mass is 352 g/mol. The van der Waals surface area contributed by atoms with Crippen molar-refractivity contribution in [3.8, 4) is 11.8 Å². The molecule has 0 saturated carbocycles. The number of nitriles is 1. The average molecular weight is 352 g/mol. The number of piperazine rings is 1. The highest BCUT2D eigenvalue weighted by Gasteiger charge is 2.23. The molecule has 1 fully saturated rings. The number of nitrogens with zero attached hydrogens (tertiary/aromatic N) is 4. The fourth-order valence-corrected chi connectivity index (χ4v) is 3.30. The first-order chi connectivity index (χ1) is 12.5. The van der Waals surface area contributed by atoms with Crippen molar-refractivity contribution in [1.82, 2.24) is 14.4 Å². The number of benzene rings is 1. The van der Waals surface area contributed by atoms with Gasteiger partial charge in [0.25, 0.3) is 5.91 Å². The van der Waals surface area contributed by atoms with Crippen LogP contribution in [0, 0.1) is 18.3 Å². The van der Waals surface area contributed by atoms with Gasteiger partial charge in [-0.1, -0.05) is 0 Å². The van der Waals surface area contributed by atoms with Crippen LogP contribution < -0.4 is 4.74 Å². The molecule has 0 unspecified atom stereocenters. The maximum atomic E-state index is 12.6. The van der Waals surface area contributed by atoms with Crippen LogP contribution >= 0.6 is 0 Å². The summed E-state index contributed by atoms with van der Waals surface area (Å²) in [7, 11) is 3.53. The van der Waals surface area contributed by atoms with Gasteiger partial charge in [-0.25, -0.2) is 0 Å². The number of rotatable bonds is 4. The first-order valence-corrected chi connectivity index (χ1v) is 8.74. The van der Waals surface area contributed by atoms with Crippen LogP contribution in [0.4, 0.5) is 0 Å². The zero-order chi connectivity index (χ0) is 18.7. The highest BCUT2D eigenvalue weighted by atomic mass is 16.5. The van der Waals surface area contributed by atoms with Gasteiger partial charge >= 0.3 is 0 Å². The van der Waals surface area contributed by atoms with E-state index in [4.69, 9.17) is 10.00 Å². The fourth-order valence-electron chi connectivity index (χ4n) is 3.30. The van der Waals surface area contributed by atoms with Crippen molar-refractivity contribution < 1.29 is 9.53 Å². The summed E-state index contributed by atoms with van der Waals surface area (Å²) in [6.45, 7) is 5.94. The Bertz CT molecular complexity index is 825. The molecule has 6 nitrogen and oxygen atoms in total. The molecule has 0 radical (unpaired) electrons. The summed E-state index contributed by atoms with van der Waals surface area (Å²) in [4.78, 5) is 16.9. The Balaban J connectivity index is 1.58. The summed E-state index contributed by atoms with van der Waals surface area (Å²) < 4.78 is 7.07. The van der Waals surface area contributed by atoms with Gasteiger partial charge in [0.2, 0.25) is 0 Å². The van der Waals surface area contributed by atoms with Crippen molar-refractivity contribution in [1.29, 1.82) is 5.26 Å². The van der Waals surface area contributed by atoms with E-state index in [1.807, 2.05) is 53.8 Å². The molecule has 1 aromatic heterocycles. The molecule has 1 saturated heterocycles. The van der Waals surface area contributed by atoms with Gasteiger partial charge in [0.05, 0.1) is 7.11 Å². The van der Waals surface area contributed by atoms with E-state index in [1.54, 1.807) is 7.11 Å². The van der Waals surface area contributed by atoms with Crippen LogP contribution in [0.3, 0.4) is 0 Å². The predicted molar refractivity (Wildman–Crippen MR) is 99.0 cm³/mol. The van der Waals surface area contributed by atoms with Crippen molar-refractivity contribution in [2.75, 3.05) is 33.3 Å². The lowest BCUT2D eigenvalue weighted by molar-refractivity contribution is 0.0628. The highest BCUT2D eigenvalue weighted by Crippen LogP contribution is 2.18. The summed E-state index contributed by atoms with van der Waals surface area (Å²) in [5, 5.41) is 9.16. The number of hydrogen-bond donors (Lipinski definition) is 0. The molecule has 0 atom stereocenters. The lowest BCUT2D eigenvalue weighted by atomic mass is 10.1. The third-order valence-corrected chi connectivity index (χ3v) is 5.15. The van der Waals surface area contributed by atoms with Crippen LogP contribution in [-0.4, -0.2) is 53.6 Å². The van der Waals surface area contributed by atoms with Crippen molar-refractivity contribution >= 4 is 5.91 Å². The van der Waals surface area contributed by atoms with E-state index in [2.05, 4.69) is 11.0 Å². The van der Waals surface area contributed by atoms with E-state index in [0.717, 1.165) is 31.1 Å². The van der Waals surface area contributed by atoms with Crippen LogP contribution in [0.1, 0.15) is 27.3 Å². The third-order valence-electron chi connectivity index (χ3n) is 5.15. The van der Waals surface area contributed by atoms with Crippen molar-refractivity contribution in [2.24, 2.45) is 7.05 Å². The first-order valence-electron chi connectivity index (χ1n) is 8.74. The Morgan fingerprint density at radius 2 is 1.85 bits per heavy atom. The van der Waals surface area contributed by atoms with Crippen LogP contribution in [0.5, 0.6) is 5.75 Å². The van der Waals surface area contributed by atoms with Gasteiger partial charge in [0.1, 0.15) is 17.5 Å². The SMILES string of the molecule is COc1ccc(C(=O)N2CCN(Cc3cc(C#N)n(C)c3C)CC2)cc1. The lowest BCUT2D eigenvalue weighted by Crippen LogP contribution is -2.48. The van der Waals surface area contributed by atoms with Gasteiger partial charge in [-0.3, -0.25) is 9.69 Å². The van der Waals surface area contributed by atoms with Crippen molar-refractivity contribution in [2.45, 2.75) is 13.5 Å². The number of carbonyl (C=O) groups is 1. The minimum absolute atomic E-state index is 0.0648. The van der Waals surface area contributed by atoms with E-state index in [1.165, 1.54) is 5.56 Å². The summed E-state index contributed by atoms with van der Waals surface area (Å²) in [6, 6.07) is 11.4. The molecule has 2 aromatic rings. The number of carbonyl (C=O) groups excluding carboxylic acids is 1. The summed E-state index contributed by atoms with van der Waals surface area (Å²) in [6.07, 6.45) is 0. The summed E-state index contributed by atoms with van der Waals surface area (Å²) in [5.74, 6) is 0.816. The molecule has 3 rings (SSSR count). The first kappa shape index (κ1) is 18.0. The normalized spacial score (nSPS) is 14.9. The number of amides is 1. The van der Waals surface area contributed by atoms with Gasteiger partial charge in [-0.15, -0.1) is 0 Å². The minimum Gasteiger partial charge on any atom is -0.497 e. The highest BCUT2D eigenvalue weighted by molar-refractivity contribution is 5.94. The molecule has 0 bridgehead atoms. The zero-order valence-electron chi connectivity index (χ0n) is 15.5. The van der Waals surface area contributed by atoms with Crippen LogP contribution in [0.15, 0.2) is 30.3 Å². The fraction of sp³-hybridized carbons (Fsp3) is 0.400. The minimum atomic E-state index is 0.0648. The molecule has 6 heteroatoms. The number of aromatic nitrogens is 1. The lowest BCUT2D eigenvalue weighted by Gasteiger charge is -2.34. The van der Waals surface area contributed by atoms with Gasteiger partial charge in [-0.05, 0) is 42.8 Å². The summed E-state index contributed by atoms with van der Waals surface area (Å²) >= 11 is 0. The smallest absolute Gasteiger partial charge is 0.253 e. The Hall–Kier alpha value is -2.78. The molecule has 1 aromatic carbocycles. The van der Waals surface area contributed by atoms with Gasteiger partial charge in [0.15, 0.2) is 0 Å².